The molecule has 2 heteroatoms. The Balaban J connectivity index is 0.00000144. The van der Waals surface area contributed by atoms with Crippen LogP contribution >= 0.6 is 0 Å². The van der Waals surface area contributed by atoms with Gasteiger partial charge in [0.1, 0.15) is 0 Å². The number of para-hydroxylation sites is 1. The van der Waals surface area contributed by atoms with Gasteiger partial charge < -0.3 is 11.9 Å². The Bertz CT molecular complexity index is 242. The van der Waals surface area contributed by atoms with Crippen molar-refractivity contribution in [1.82, 2.24) is 6.15 Å². The van der Waals surface area contributed by atoms with Gasteiger partial charge in [-0.15, -0.1) is 0 Å². The molecule has 0 spiro atoms. The summed E-state index contributed by atoms with van der Waals surface area (Å²) in [7, 11) is 0. The monoisotopic (exact) mass is 180 g/mol. The second-order valence-electron chi connectivity index (χ2n) is 3.14. The lowest BCUT2D eigenvalue weighted by Gasteiger charge is -2.14. The SMILES string of the molecule is CCC(CC)c1ccccc1N.N. The van der Waals surface area contributed by atoms with Crippen molar-refractivity contribution in [2.45, 2.75) is 32.6 Å². The standard InChI is InChI=1S/C11H17N.H3N/c1-3-9(4-2)10-7-5-6-8-11(10)12;/h5-9H,3-4,12H2,1-2H3;1H3. The molecule has 0 fully saturated rings. The van der Waals surface area contributed by atoms with Gasteiger partial charge in [0.25, 0.3) is 0 Å². The number of nitrogens with two attached hydrogens (primary N) is 1. The van der Waals surface area contributed by atoms with E-state index in [2.05, 4.69) is 26.0 Å². The average Bonchev–Trinajstić information content (AvgIpc) is 2.10. The van der Waals surface area contributed by atoms with Crippen LogP contribution in [0.4, 0.5) is 5.69 Å². The third kappa shape index (κ3) is 2.74. The molecule has 74 valence electrons. The largest absolute Gasteiger partial charge is 0.398 e. The van der Waals surface area contributed by atoms with Crippen LogP contribution in [-0.2, 0) is 0 Å². The molecule has 0 saturated carbocycles. The number of benzene rings is 1. The molecule has 0 saturated heterocycles. The molecule has 13 heavy (non-hydrogen) atoms. The smallest absolute Gasteiger partial charge is 0.0349 e. The number of anilines is 1. The van der Waals surface area contributed by atoms with Crippen molar-refractivity contribution in [3.05, 3.63) is 29.8 Å². The van der Waals surface area contributed by atoms with E-state index < -0.39 is 0 Å². The quantitative estimate of drug-likeness (QED) is 0.701. The lowest BCUT2D eigenvalue weighted by atomic mass is 9.93. The molecule has 1 aromatic carbocycles. The van der Waals surface area contributed by atoms with Crippen molar-refractivity contribution in [1.29, 1.82) is 0 Å². The minimum Gasteiger partial charge on any atom is -0.398 e. The fourth-order valence-electron chi connectivity index (χ4n) is 1.61. The van der Waals surface area contributed by atoms with Crippen molar-refractivity contribution >= 4 is 5.69 Å². The van der Waals surface area contributed by atoms with Crippen molar-refractivity contribution < 1.29 is 0 Å². The first-order chi connectivity index (χ1) is 5.79. The second kappa shape index (κ2) is 5.60. The average molecular weight is 180 g/mol. The highest BCUT2D eigenvalue weighted by atomic mass is 14.6. The molecule has 0 amide bonds. The minimum atomic E-state index is 0. The molecular formula is C11H20N2. The summed E-state index contributed by atoms with van der Waals surface area (Å²) >= 11 is 0. The molecule has 0 radical (unpaired) electrons. The predicted molar refractivity (Wildman–Crippen MR) is 59.2 cm³/mol. The second-order valence-corrected chi connectivity index (χ2v) is 3.14. The van der Waals surface area contributed by atoms with Gasteiger partial charge in [0.2, 0.25) is 0 Å². The van der Waals surface area contributed by atoms with E-state index in [1.807, 2.05) is 12.1 Å². The van der Waals surface area contributed by atoms with Crippen LogP contribution in [-0.4, -0.2) is 0 Å². The highest BCUT2D eigenvalue weighted by Gasteiger charge is 2.08. The van der Waals surface area contributed by atoms with Crippen molar-refractivity contribution in [3.63, 3.8) is 0 Å². The lowest BCUT2D eigenvalue weighted by molar-refractivity contribution is 0.644. The summed E-state index contributed by atoms with van der Waals surface area (Å²) in [5.41, 5.74) is 8.12. The summed E-state index contributed by atoms with van der Waals surface area (Å²) in [5, 5.41) is 0. The van der Waals surface area contributed by atoms with E-state index in [0.29, 0.717) is 5.92 Å². The maximum absolute atomic E-state index is 5.87. The Morgan fingerprint density at radius 2 is 1.69 bits per heavy atom. The van der Waals surface area contributed by atoms with Crippen LogP contribution in [0.5, 0.6) is 0 Å². The highest BCUT2D eigenvalue weighted by Crippen LogP contribution is 2.27. The van der Waals surface area contributed by atoms with Crippen LogP contribution in [0.15, 0.2) is 24.3 Å². The van der Waals surface area contributed by atoms with E-state index in [-0.39, 0.29) is 6.15 Å². The van der Waals surface area contributed by atoms with Gasteiger partial charge in [-0.3, -0.25) is 0 Å². The zero-order chi connectivity index (χ0) is 8.97. The molecule has 0 aromatic heterocycles. The molecule has 0 aliphatic heterocycles. The maximum atomic E-state index is 5.87. The topological polar surface area (TPSA) is 61.0 Å². The zero-order valence-electron chi connectivity index (χ0n) is 8.59. The Labute approximate surface area is 80.7 Å². The van der Waals surface area contributed by atoms with Gasteiger partial charge in [-0.1, -0.05) is 32.0 Å². The summed E-state index contributed by atoms with van der Waals surface area (Å²) in [6.07, 6.45) is 2.34. The van der Waals surface area contributed by atoms with Gasteiger partial charge >= 0.3 is 0 Å². The Morgan fingerprint density at radius 1 is 1.15 bits per heavy atom. The van der Waals surface area contributed by atoms with E-state index in [4.69, 9.17) is 5.73 Å². The predicted octanol–water partition coefficient (Wildman–Crippen LogP) is 3.33. The Kier molecular flexibility index (Phi) is 5.16. The van der Waals surface area contributed by atoms with Crippen LogP contribution in [0.2, 0.25) is 0 Å². The number of hydrogen-bond acceptors (Lipinski definition) is 2. The lowest BCUT2D eigenvalue weighted by Crippen LogP contribution is -2.00. The van der Waals surface area contributed by atoms with Crippen LogP contribution < -0.4 is 11.9 Å². The summed E-state index contributed by atoms with van der Waals surface area (Å²) in [4.78, 5) is 0. The van der Waals surface area contributed by atoms with Crippen LogP contribution in [0, 0.1) is 0 Å². The minimum absolute atomic E-state index is 0. The molecule has 0 aliphatic carbocycles. The molecule has 0 unspecified atom stereocenters. The van der Waals surface area contributed by atoms with Crippen LogP contribution in [0.25, 0.3) is 0 Å². The molecule has 0 bridgehead atoms. The zero-order valence-corrected chi connectivity index (χ0v) is 8.59. The van der Waals surface area contributed by atoms with Crippen LogP contribution in [0.1, 0.15) is 38.2 Å². The summed E-state index contributed by atoms with van der Waals surface area (Å²) < 4.78 is 0. The molecule has 5 N–H and O–H groups in total. The number of hydrogen-bond donors (Lipinski definition) is 2. The summed E-state index contributed by atoms with van der Waals surface area (Å²) in [6.45, 7) is 4.42. The van der Waals surface area contributed by atoms with E-state index >= 15 is 0 Å². The van der Waals surface area contributed by atoms with Crippen molar-refractivity contribution in [2.24, 2.45) is 0 Å². The normalized spacial score (nSPS) is 9.77. The van der Waals surface area contributed by atoms with Gasteiger partial charge in [-0.25, -0.2) is 0 Å². The van der Waals surface area contributed by atoms with Crippen molar-refractivity contribution in [2.75, 3.05) is 5.73 Å². The van der Waals surface area contributed by atoms with Gasteiger partial charge in [0.15, 0.2) is 0 Å². The van der Waals surface area contributed by atoms with Gasteiger partial charge in [-0.05, 0) is 30.4 Å². The molecule has 2 nitrogen and oxygen atoms in total. The van der Waals surface area contributed by atoms with E-state index in [0.717, 1.165) is 5.69 Å². The number of nitrogen functional groups attached to an aromatic ring is 1. The third-order valence-corrected chi connectivity index (χ3v) is 2.42. The molecular weight excluding hydrogens is 160 g/mol. The van der Waals surface area contributed by atoms with Gasteiger partial charge in [0, 0.05) is 5.69 Å². The van der Waals surface area contributed by atoms with E-state index in [9.17, 15) is 0 Å². The molecule has 0 aliphatic rings. The van der Waals surface area contributed by atoms with Crippen LogP contribution in [0.3, 0.4) is 0 Å². The van der Waals surface area contributed by atoms with Gasteiger partial charge in [0.05, 0.1) is 0 Å². The first kappa shape index (κ1) is 12.0. The maximum Gasteiger partial charge on any atom is 0.0349 e. The fraction of sp³-hybridized carbons (Fsp3) is 0.455. The van der Waals surface area contributed by atoms with Gasteiger partial charge in [-0.2, -0.15) is 0 Å². The fourth-order valence-corrected chi connectivity index (χ4v) is 1.61. The molecule has 0 heterocycles. The molecule has 0 atom stereocenters. The highest BCUT2D eigenvalue weighted by molar-refractivity contribution is 5.48. The molecule has 1 rings (SSSR count). The molecule has 1 aromatic rings. The first-order valence-corrected chi connectivity index (χ1v) is 4.64. The Hall–Kier alpha value is -1.02. The number of rotatable bonds is 3. The summed E-state index contributed by atoms with van der Waals surface area (Å²) in [6, 6.07) is 8.16. The third-order valence-electron chi connectivity index (χ3n) is 2.42. The van der Waals surface area contributed by atoms with E-state index in [1.54, 1.807) is 0 Å². The van der Waals surface area contributed by atoms with E-state index in [1.165, 1.54) is 18.4 Å². The Morgan fingerprint density at radius 3 is 2.15 bits per heavy atom. The summed E-state index contributed by atoms with van der Waals surface area (Å²) in [5.74, 6) is 0.631. The van der Waals surface area contributed by atoms with Crippen molar-refractivity contribution in [3.8, 4) is 0 Å². The first-order valence-electron chi connectivity index (χ1n) is 4.64.